The number of nitrogens with one attached hydrogen (secondary N) is 2. The third-order valence-corrected chi connectivity index (χ3v) is 4.58. The lowest BCUT2D eigenvalue weighted by molar-refractivity contribution is -0.122. The average molecular weight is 303 g/mol. The van der Waals surface area contributed by atoms with Crippen LogP contribution in [0, 0.1) is 0 Å². The van der Waals surface area contributed by atoms with Crippen molar-refractivity contribution in [1.29, 1.82) is 0 Å². The summed E-state index contributed by atoms with van der Waals surface area (Å²) in [7, 11) is -3.71. The summed E-state index contributed by atoms with van der Waals surface area (Å²) in [5, 5.41) is 3.21. The number of benzene rings is 1. The van der Waals surface area contributed by atoms with E-state index < -0.39 is 16.1 Å². The normalized spacial score (nSPS) is 16.9. The van der Waals surface area contributed by atoms with Gasteiger partial charge in [-0.3, -0.25) is 4.79 Å². The molecule has 0 aromatic heterocycles. The number of hydrogen-bond donors (Lipinski definition) is 2. The van der Waals surface area contributed by atoms with Gasteiger partial charge in [0.05, 0.1) is 10.9 Å². The molecule has 1 aromatic rings. The minimum absolute atomic E-state index is 0.0861. The van der Waals surface area contributed by atoms with Gasteiger partial charge in [0, 0.05) is 11.1 Å². The molecule has 0 heterocycles. The minimum atomic E-state index is -3.71. The molecule has 1 aliphatic rings. The minimum Gasteiger partial charge on any atom is -0.352 e. The van der Waals surface area contributed by atoms with Gasteiger partial charge in [0.25, 0.3) is 0 Å². The molecule has 0 spiro atoms. The van der Waals surface area contributed by atoms with Gasteiger partial charge in [0.1, 0.15) is 0 Å². The lowest BCUT2D eigenvalue weighted by Crippen LogP contribution is -2.45. The average Bonchev–Trinajstić information content (AvgIpc) is 3.12. The van der Waals surface area contributed by atoms with Crippen LogP contribution in [0.2, 0.25) is 5.02 Å². The predicted octanol–water partition coefficient (Wildman–Crippen LogP) is 1.29. The Labute approximate surface area is 117 Å². The second-order valence-electron chi connectivity index (χ2n) is 4.58. The molecule has 104 valence electrons. The lowest BCUT2D eigenvalue weighted by Gasteiger charge is -2.14. The largest absolute Gasteiger partial charge is 0.352 e. The van der Waals surface area contributed by atoms with Gasteiger partial charge in [0.15, 0.2) is 0 Å². The van der Waals surface area contributed by atoms with Crippen molar-refractivity contribution in [2.75, 3.05) is 0 Å². The smallest absolute Gasteiger partial charge is 0.241 e. The molecule has 19 heavy (non-hydrogen) atoms. The van der Waals surface area contributed by atoms with Crippen molar-refractivity contribution in [2.24, 2.45) is 0 Å². The summed E-state index contributed by atoms with van der Waals surface area (Å²) >= 11 is 5.70. The molecule has 0 radical (unpaired) electrons. The van der Waals surface area contributed by atoms with Crippen molar-refractivity contribution < 1.29 is 13.2 Å². The quantitative estimate of drug-likeness (QED) is 0.860. The van der Waals surface area contributed by atoms with E-state index in [1.54, 1.807) is 0 Å². The van der Waals surface area contributed by atoms with E-state index in [9.17, 15) is 13.2 Å². The van der Waals surface area contributed by atoms with Crippen LogP contribution >= 0.6 is 11.6 Å². The summed E-state index contributed by atoms with van der Waals surface area (Å²) in [4.78, 5) is 11.8. The van der Waals surface area contributed by atoms with Gasteiger partial charge in [-0.1, -0.05) is 11.6 Å². The van der Waals surface area contributed by atoms with Gasteiger partial charge in [-0.05, 0) is 44.0 Å². The first-order valence-corrected chi connectivity index (χ1v) is 7.83. The summed E-state index contributed by atoms with van der Waals surface area (Å²) < 4.78 is 26.4. The van der Waals surface area contributed by atoms with Crippen LogP contribution in [0.4, 0.5) is 0 Å². The molecule has 1 atom stereocenters. The number of amides is 1. The van der Waals surface area contributed by atoms with Crippen molar-refractivity contribution in [1.82, 2.24) is 10.0 Å². The Balaban J connectivity index is 2.03. The molecule has 1 aromatic carbocycles. The van der Waals surface area contributed by atoms with Crippen molar-refractivity contribution >= 4 is 27.5 Å². The van der Waals surface area contributed by atoms with E-state index in [0.717, 1.165) is 12.8 Å². The Hall–Kier alpha value is -1.11. The second kappa shape index (κ2) is 5.48. The maximum absolute atomic E-state index is 12.0. The molecular weight excluding hydrogens is 288 g/mol. The second-order valence-corrected chi connectivity index (χ2v) is 6.73. The molecule has 2 rings (SSSR count). The topological polar surface area (TPSA) is 75.3 Å². The fourth-order valence-corrected chi connectivity index (χ4v) is 2.85. The third-order valence-electron chi connectivity index (χ3n) is 2.77. The standard InChI is InChI=1S/C12H15ClN2O3S/c1-8(12(16)14-10-4-5-10)15-19(17,18)11-6-2-9(13)3-7-11/h2-3,6-8,10,15H,4-5H2,1H3,(H,14,16)/t8-/m1/s1. The van der Waals surface area contributed by atoms with E-state index in [1.165, 1.54) is 31.2 Å². The first-order chi connectivity index (χ1) is 8.88. The zero-order chi connectivity index (χ0) is 14.0. The van der Waals surface area contributed by atoms with Gasteiger partial charge in [-0.2, -0.15) is 4.72 Å². The first-order valence-electron chi connectivity index (χ1n) is 5.97. The Bertz CT molecular complexity index is 567. The van der Waals surface area contributed by atoms with Crippen LogP contribution in [-0.4, -0.2) is 26.4 Å². The fourth-order valence-electron chi connectivity index (χ4n) is 1.52. The number of hydrogen-bond acceptors (Lipinski definition) is 3. The van der Waals surface area contributed by atoms with Crippen molar-refractivity contribution in [2.45, 2.75) is 36.7 Å². The molecule has 0 aliphatic heterocycles. The first kappa shape index (κ1) is 14.3. The number of sulfonamides is 1. The molecule has 0 unspecified atom stereocenters. The zero-order valence-electron chi connectivity index (χ0n) is 10.4. The highest BCUT2D eigenvalue weighted by molar-refractivity contribution is 7.89. The number of rotatable bonds is 5. The molecule has 0 saturated heterocycles. The summed E-state index contributed by atoms with van der Waals surface area (Å²) in [5.74, 6) is -0.306. The molecule has 1 aliphatic carbocycles. The number of halogens is 1. The van der Waals surface area contributed by atoms with E-state index >= 15 is 0 Å². The number of carbonyl (C=O) groups excluding carboxylic acids is 1. The molecular formula is C12H15ClN2O3S. The SMILES string of the molecule is C[C@@H](NS(=O)(=O)c1ccc(Cl)cc1)C(=O)NC1CC1. The van der Waals surface area contributed by atoms with Gasteiger partial charge >= 0.3 is 0 Å². The zero-order valence-corrected chi connectivity index (χ0v) is 12.0. The molecule has 1 amide bonds. The highest BCUT2D eigenvalue weighted by Crippen LogP contribution is 2.19. The summed E-state index contributed by atoms with van der Waals surface area (Å²) in [6.45, 7) is 1.52. The maximum atomic E-state index is 12.0. The van der Waals surface area contributed by atoms with Crippen LogP contribution in [0.5, 0.6) is 0 Å². The summed E-state index contributed by atoms with van der Waals surface area (Å²) in [6.07, 6.45) is 1.92. The molecule has 1 fully saturated rings. The lowest BCUT2D eigenvalue weighted by atomic mass is 10.3. The van der Waals surface area contributed by atoms with Crippen LogP contribution in [0.3, 0.4) is 0 Å². The highest BCUT2D eigenvalue weighted by atomic mass is 35.5. The van der Waals surface area contributed by atoms with Gasteiger partial charge < -0.3 is 5.32 Å². The van der Waals surface area contributed by atoms with E-state index in [1.807, 2.05) is 0 Å². The van der Waals surface area contributed by atoms with Crippen LogP contribution in [0.1, 0.15) is 19.8 Å². The van der Waals surface area contributed by atoms with Crippen molar-refractivity contribution in [3.63, 3.8) is 0 Å². The van der Waals surface area contributed by atoms with E-state index in [-0.39, 0.29) is 16.8 Å². The monoisotopic (exact) mass is 302 g/mol. The van der Waals surface area contributed by atoms with E-state index in [0.29, 0.717) is 5.02 Å². The van der Waals surface area contributed by atoms with E-state index in [2.05, 4.69) is 10.0 Å². The number of carbonyl (C=O) groups is 1. The van der Waals surface area contributed by atoms with Crippen LogP contribution in [0.15, 0.2) is 29.2 Å². The van der Waals surface area contributed by atoms with Crippen molar-refractivity contribution in [3.05, 3.63) is 29.3 Å². The third kappa shape index (κ3) is 3.92. The summed E-state index contributed by atoms with van der Waals surface area (Å²) in [5.41, 5.74) is 0. The van der Waals surface area contributed by atoms with Crippen LogP contribution < -0.4 is 10.0 Å². The van der Waals surface area contributed by atoms with Crippen LogP contribution in [-0.2, 0) is 14.8 Å². The fraction of sp³-hybridized carbons (Fsp3) is 0.417. The van der Waals surface area contributed by atoms with E-state index in [4.69, 9.17) is 11.6 Å². The van der Waals surface area contributed by atoms with Crippen molar-refractivity contribution in [3.8, 4) is 0 Å². The molecule has 7 heteroatoms. The van der Waals surface area contributed by atoms with Gasteiger partial charge in [-0.25, -0.2) is 8.42 Å². The Morgan fingerprint density at radius 3 is 2.42 bits per heavy atom. The Morgan fingerprint density at radius 1 is 1.32 bits per heavy atom. The van der Waals surface area contributed by atoms with Gasteiger partial charge in [-0.15, -0.1) is 0 Å². The van der Waals surface area contributed by atoms with Gasteiger partial charge in [0.2, 0.25) is 15.9 Å². The molecule has 1 saturated carbocycles. The predicted molar refractivity (Wildman–Crippen MR) is 72.4 cm³/mol. The molecule has 5 nitrogen and oxygen atoms in total. The Morgan fingerprint density at radius 2 is 1.89 bits per heavy atom. The Kier molecular flexibility index (Phi) is 4.13. The highest BCUT2D eigenvalue weighted by Gasteiger charge is 2.27. The molecule has 0 bridgehead atoms. The maximum Gasteiger partial charge on any atom is 0.241 e. The molecule has 2 N–H and O–H groups in total. The van der Waals surface area contributed by atoms with Crippen LogP contribution in [0.25, 0.3) is 0 Å². The summed E-state index contributed by atoms with van der Waals surface area (Å²) in [6, 6.07) is 5.18.